The number of aryl methyl sites for hydroxylation is 3. The molecule has 90 heavy (non-hydrogen) atoms. The fourth-order valence-corrected chi connectivity index (χ4v) is 15.4. The standard InChI is InChI=1S/C18H25F2N4O6P.C17H23F2N4O6P.C16H21F2N4O6P/c1-6-26-14-12-13(22-11(4)23-14)24(9-21-12)16-17(5,19)15-18(20,29-16)8-28-31(25,30-15)27-7-10(2)3;1-6-25-13-11-12(21-10(4)22-13)23(8-20-11)15-16(5,18)14-17(19,27-15)7-26-30(24,29-14)28-9(2)3;1-5-24-12-10-11(20-9(3)21-12)22(8-19-10)14-15(4,17)13-16(18,27-14)7-26-29(23,28-13)25-6-2/h9-10,15-16H,6-8H2,1-5H3;8-9,14-15H,6-7H2,1-5H3;8,13-14H,5-7H2,1-4H3/t15-,16+,17+,18+,31?;14-,15+,16+,17+,30?;13-,14+,15+,16+,29?/m000/s1. The third-order valence-corrected chi connectivity index (χ3v) is 18.8. The van der Waals surface area contributed by atoms with Gasteiger partial charge in [0.25, 0.3) is 17.6 Å². The zero-order valence-electron chi connectivity index (χ0n) is 51.3. The molecule has 12 rings (SSSR count). The molecule has 498 valence electrons. The number of phosphoric acid groups is 3. The Labute approximate surface area is 510 Å². The van der Waals surface area contributed by atoms with Gasteiger partial charge in [-0.2, -0.15) is 15.0 Å². The number of halogens is 6. The second kappa shape index (κ2) is 24.6. The van der Waals surface area contributed by atoms with Gasteiger partial charge in [0, 0.05) is 0 Å². The van der Waals surface area contributed by atoms with Gasteiger partial charge in [0.15, 0.2) is 87.5 Å². The third kappa shape index (κ3) is 12.5. The molecule has 6 aromatic heterocycles. The molecule has 3 unspecified atom stereocenters. The summed E-state index contributed by atoms with van der Waals surface area (Å²) in [5, 5.41) is 0. The van der Waals surface area contributed by atoms with E-state index < -0.39 is 121 Å². The number of imidazole rings is 3. The van der Waals surface area contributed by atoms with Gasteiger partial charge in [-0.25, -0.2) is 69.9 Å². The van der Waals surface area contributed by atoms with Gasteiger partial charge in [0.05, 0.1) is 58.1 Å². The molecule has 0 bridgehead atoms. The minimum atomic E-state index is -4.17. The first-order valence-corrected chi connectivity index (χ1v) is 32.9. The van der Waals surface area contributed by atoms with Crippen molar-refractivity contribution in [1.82, 2.24) is 58.6 Å². The van der Waals surface area contributed by atoms with Crippen LogP contribution in [0.4, 0.5) is 26.3 Å². The molecule has 6 aliphatic heterocycles. The topological polar surface area (TPSA) is 320 Å². The van der Waals surface area contributed by atoms with Gasteiger partial charge in [-0.1, -0.05) is 13.8 Å². The van der Waals surface area contributed by atoms with Gasteiger partial charge >= 0.3 is 23.5 Å². The molecule has 0 aromatic carbocycles. The molecule has 12 heterocycles. The normalized spacial score (nSPS) is 36.3. The lowest BCUT2D eigenvalue weighted by molar-refractivity contribution is -0.220. The van der Waals surface area contributed by atoms with Crippen LogP contribution in [0.25, 0.3) is 33.5 Å². The van der Waals surface area contributed by atoms with Gasteiger partial charge in [-0.3, -0.25) is 54.4 Å². The monoisotopic (exact) mass is 1340 g/mol. The molecule has 0 saturated carbocycles. The maximum atomic E-state index is 16.0. The molecule has 6 aromatic rings. The first-order chi connectivity index (χ1) is 42.1. The summed E-state index contributed by atoms with van der Waals surface area (Å²) in [6.45, 7) is 20.6. The van der Waals surface area contributed by atoms with Crippen LogP contribution >= 0.6 is 23.5 Å². The Kier molecular flexibility index (Phi) is 18.5. The SMILES string of the molecule is CCOc1nc(C)nc2c1ncn2[C@@H]1O[C@]2(F)COP(=O)(OC(C)C)O[C@H]2[C@@]1(C)F.CCOc1nc(C)nc2c1ncn2[C@@H]1O[C@]2(F)COP(=O)(OCC(C)C)O[C@H]2[C@@]1(C)F.CCOc1nc(C)nc2c1ncn2[C@@H]1O[C@]2(F)COP(=O)(OCC)O[C@H]2[C@@]1(C)F. The highest BCUT2D eigenvalue weighted by atomic mass is 31.2. The van der Waals surface area contributed by atoms with Crippen molar-refractivity contribution in [2.45, 2.75) is 175 Å². The fourth-order valence-electron chi connectivity index (χ4n) is 10.6. The number of hydrogen-bond acceptors (Lipinski definition) is 27. The Balaban J connectivity index is 0.000000149. The van der Waals surface area contributed by atoms with Gasteiger partial charge in [-0.05, 0) is 89.0 Å². The minimum absolute atomic E-state index is 0.0131. The van der Waals surface area contributed by atoms with Crippen molar-refractivity contribution < 1.29 is 109 Å². The lowest BCUT2D eigenvalue weighted by Crippen LogP contribution is -2.51. The van der Waals surface area contributed by atoms with E-state index in [1.54, 1.807) is 62.3 Å². The van der Waals surface area contributed by atoms with E-state index in [4.69, 9.17) is 69.1 Å². The average molecular weight is 1350 g/mol. The largest absolute Gasteiger partial charge is 0.476 e. The number of ether oxygens (including phenoxy) is 6. The molecule has 6 aliphatic rings. The summed E-state index contributed by atoms with van der Waals surface area (Å²) in [7, 11) is -12.4. The van der Waals surface area contributed by atoms with Crippen LogP contribution in [0.2, 0.25) is 0 Å². The zero-order chi connectivity index (χ0) is 65.5. The predicted molar refractivity (Wildman–Crippen MR) is 298 cm³/mol. The van der Waals surface area contributed by atoms with Crippen LogP contribution in [0.5, 0.6) is 17.6 Å². The van der Waals surface area contributed by atoms with Crippen LogP contribution in [0.1, 0.15) is 112 Å². The summed E-state index contributed by atoms with van der Waals surface area (Å²) in [6.07, 6.45) is -6.92. The van der Waals surface area contributed by atoms with Crippen LogP contribution in [0.3, 0.4) is 0 Å². The molecule has 0 aliphatic carbocycles. The lowest BCUT2D eigenvalue weighted by Gasteiger charge is -2.36. The Morgan fingerprint density at radius 1 is 0.500 bits per heavy atom. The van der Waals surface area contributed by atoms with Gasteiger partial charge < -0.3 is 28.4 Å². The lowest BCUT2D eigenvalue weighted by atomic mass is 9.97. The van der Waals surface area contributed by atoms with Crippen molar-refractivity contribution in [3.05, 3.63) is 36.5 Å². The molecule has 0 radical (unpaired) electrons. The highest BCUT2D eigenvalue weighted by Crippen LogP contribution is 2.66. The summed E-state index contributed by atoms with van der Waals surface area (Å²) in [6, 6.07) is 0. The fraction of sp³-hybridized carbons (Fsp3) is 0.706. The molecule has 15 atom stereocenters. The quantitative estimate of drug-likeness (QED) is 0.0642. The molecule has 30 nitrogen and oxygen atoms in total. The Hall–Kier alpha value is -5.16. The van der Waals surface area contributed by atoms with E-state index in [1.807, 2.05) is 13.8 Å². The van der Waals surface area contributed by atoms with E-state index in [0.29, 0.717) is 37.3 Å². The number of fused-ring (bicyclic) bond motifs is 6. The minimum Gasteiger partial charge on any atom is -0.476 e. The molecule has 0 amide bonds. The summed E-state index contributed by atoms with van der Waals surface area (Å²) in [5.74, 6) is -6.31. The van der Waals surface area contributed by atoms with Crippen molar-refractivity contribution in [2.24, 2.45) is 5.92 Å². The first-order valence-electron chi connectivity index (χ1n) is 28.6. The molecular weight excluding hydrogens is 1280 g/mol. The number of nitrogens with zero attached hydrogens (tertiary/aromatic N) is 12. The van der Waals surface area contributed by atoms with Gasteiger partial charge in [-0.15, -0.1) is 0 Å². The maximum Gasteiger partial charge on any atom is 0.475 e. The predicted octanol–water partition coefficient (Wildman–Crippen LogP) is 10.1. The van der Waals surface area contributed by atoms with Crippen LogP contribution in [-0.2, 0) is 68.6 Å². The average Bonchev–Trinajstić information content (AvgIpc) is 1.58. The Morgan fingerprint density at radius 2 is 0.811 bits per heavy atom. The summed E-state index contributed by atoms with van der Waals surface area (Å²) in [5.41, 5.74) is -5.96. The van der Waals surface area contributed by atoms with E-state index in [-0.39, 0.29) is 70.3 Å². The van der Waals surface area contributed by atoms with Gasteiger partial charge in [0.2, 0.25) is 17.6 Å². The number of hydrogen-bond donors (Lipinski definition) is 0. The third-order valence-electron chi connectivity index (χ3n) is 14.3. The Morgan fingerprint density at radius 3 is 1.11 bits per heavy atom. The molecule has 6 saturated heterocycles. The Bertz CT molecular complexity index is 3800. The van der Waals surface area contributed by atoms with Crippen LogP contribution < -0.4 is 14.2 Å². The molecular formula is C51H69F6N12O18P3. The number of phosphoric ester groups is 3. The summed E-state index contributed by atoms with van der Waals surface area (Å²) >= 11 is 0. The second-order valence-electron chi connectivity index (χ2n) is 22.6. The summed E-state index contributed by atoms with van der Waals surface area (Å²) < 4.78 is 214. The van der Waals surface area contributed by atoms with E-state index in [0.717, 1.165) is 20.8 Å². The number of aromatic nitrogens is 12. The van der Waals surface area contributed by atoms with Crippen molar-refractivity contribution in [2.75, 3.05) is 52.9 Å². The van der Waals surface area contributed by atoms with Crippen molar-refractivity contribution >= 4 is 57.0 Å². The highest BCUT2D eigenvalue weighted by molar-refractivity contribution is 7.49. The molecule has 39 heteroatoms. The van der Waals surface area contributed by atoms with E-state index in [2.05, 4.69) is 44.9 Å². The van der Waals surface area contributed by atoms with Crippen molar-refractivity contribution in [1.29, 1.82) is 0 Å². The van der Waals surface area contributed by atoms with Crippen LogP contribution in [0.15, 0.2) is 19.0 Å². The number of alkyl halides is 6. The smallest absolute Gasteiger partial charge is 0.475 e. The van der Waals surface area contributed by atoms with Crippen molar-refractivity contribution in [3.63, 3.8) is 0 Å². The van der Waals surface area contributed by atoms with E-state index in [1.165, 1.54) is 32.7 Å². The zero-order valence-corrected chi connectivity index (χ0v) is 54.0. The molecule has 0 N–H and O–H groups in total. The second-order valence-corrected chi connectivity index (χ2v) is 27.4. The van der Waals surface area contributed by atoms with E-state index >= 15 is 26.3 Å². The van der Waals surface area contributed by atoms with E-state index in [9.17, 15) is 13.7 Å². The van der Waals surface area contributed by atoms with Crippen LogP contribution in [-0.4, -0.2) is 170 Å². The molecule has 6 fully saturated rings. The summed E-state index contributed by atoms with van der Waals surface area (Å²) in [4.78, 5) is 38.0. The van der Waals surface area contributed by atoms with Crippen LogP contribution in [0, 0.1) is 26.7 Å². The van der Waals surface area contributed by atoms with Gasteiger partial charge in [0.1, 0.15) is 37.3 Å². The number of rotatable bonds is 16. The highest BCUT2D eigenvalue weighted by Gasteiger charge is 2.73. The first kappa shape index (κ1) is 67.7. The maximum absolute atomic E-state index is 16.0. The molecule has 0 spiro atoms. The van der Waals surface area contributed by atoms with Crippen molar-refractivity contribution in [3.8, 4) is 17.6 Å².